The van der Waals surface area contributed by atoms with E-state index >= 15 is 0 Å². The first-order valence-electron chi connectivity index (χ1n) is 10.1. The molecule has 148 valence electrons. The van der Waals surface area contributed by atoms with Gasteiger partial charge in [0.05, 0.1) is 12.2 Å². The lowest BCUT2D eigenvalue weighted by Crippen LogP contribution is -2.53. The van der Waals surface area contributed by atoms with Gasteiger partial charge in [-0.3, -0.25) is 9.69 Å². The molecule has 1 saturated heterocycles. The quantitative estimate of drug-likeness (QED) is 0.838. The lowest BCUT2D eigenvalue weighted by atomic mass is 9.98. The number of hydrogen-bond donors (Lipinski definition) is 1. The van der Waals surface area contributed by atoms with E-state index in [1.54, 1.807) is 0 Å². The molecule has 2 heterocycles. The number of nitrogens with zero attached hydrogens (tertiary/aromatic N) is 2. The van der Waals surface area contributed by atoms with Gasteiger partial charge in [-0.05, 0) is 71.8 Å². The van der Waals surface area contributed by atoms with Gasteiger partial charge in [-0.1, -0.05) is 6.42 Å². The zero-order chi connectivity index (χ0) is 19.6. The molecular formula is C22H33N3O2. The third-order valence-electron chi connectivity index (χ3n) is 5.90. The summed E-state index contributed by atoms with van der Waals surface area (Å²) in [4.78, 5) is 15.6. The number of likely N-dealkylation sites (tertiary alicyclic amines) is 1. The molecule has 5 heteroatoms. The maximum Gasteiger partial charge on any atom is 0.253 e. The third kappa shape index (κ3) is 3.98. The van der Waals surface area contributed by atoms with E-state index in [1.807, 2.05) is 39.1 Å². The van der Waals surface area contributed by atoms with Gasteiger partial charge in [0.15, 0.2) is 0 Å². The number of ether oxygens (including phenoxy) is 1. The Hall–Kier alpha value is -2.01. The van der Waals surface area contributed by atoms with Crippen molar-refractivity contribution < 1.29 is 9.53 Å². The smallest absolute Gasteiger partial charge is 0.253 e. The molecule has 3 rings (SSSR count). The first-order valence-corrected chi connectivity index (χ1v) is 10.1. The number of benzene rings is 1. The second kappa shape index (κ2) is 7.93. The predicted molar refractivity (Wildman–Crippen MR) is 111 cm³/mol. The van der Waals surface area contributed by atoms with Gasteiger partial charge < -0.3 is 14.6 Å². The van der Waals surface area contributed by atoms with Crippen LogP contribution in [0.15, 0.2) is 18.2 Å². The van der Waals surface area contributed by atoms with Crippen LogP contribution in [0, 0.1) is 6.92 Å². The summed E-state index contributed by atoms with van der Waals surface area (Å²) in [6.45, 7) is 11.9. The lowest BCUT2D eigenvalue weighted by Gasteiger charge is -2.41. The Balaban J connectivity index is 1.82. The fraction of sp³-hybridized carbons (Fsp3) is 0.591. The molecular weight excluding hydrogens is 338 g/mol. The van der Waals surface area contributed by atoms with Crippen molar-refractivity contribution in [3.05, 3.63) is 29.5 Å². The summed E-state index contributed by atoms with van der Waals surface area (Å²) in [6, 6.07) is 5.98. The van der Waals surface area contributed by atoms with Gasteiger partial charge >= 0.3 is 0 Å². The van der Waals surface area contributed by atoms with Gasteiger partial charge in [-0.15, -0.1) is 0 Å². The molecule has 1 N–H and O–H groups in total. The average Bonchev–Trinajstić information content (AvgIpc) is 2.91. The van der Waals surface area contributed by atoms with Crippen molar-refractivity contribution in [2.75, 3.05) is 26.2 Å². The van der Waals surface area contributed by atoms with E-state index in [0.717, 1.165) is 41.0 Å². The summed E-state index contributed by atoms with van der Waals surface area (Å²) < 4.78 is 7.72. The van der Waals surface area contributed by atoms with Crippen LogP contribution in [0.5, 0.6) is 5.75 Å². The highest BCUT2D eigenvalue weighted by atomic mass is 16.5. The minimum absolute atomic E-state index is 0.00293. The molecule has 0 bridgehead atoms. The van der Waals surface area contributed by atoms with E-state index in [2.05, 4.69) is 28.6 Å². The second-order valence-electron chi connectivity index (χ2n) is 8.17. The molecule has 27 heavy (non-hydrogen) atoms. The molecule has 0 aliphatic carbocycles. The zero-order valence-electron chi connectivity index (χ0n) is 17.4. The van der Waals surface area contributed by atoms with E-state index in [0.29, 0.717) is 13.2 Å². The summed E-state index contributed by atoms with van der Waals surface area (Å²) >= 11 is 0. The Kier molecular flexibility index (Phi) is 5.80. The predicted octanol–water partition coefficient (Wildman–Crippen LogP) is 3.88. The van der Waals surface area contributed by atoms with Gasteiger partial charge in [-0.2, -0.15) is 0 Å². The molecule has 1 aromatic carbocycles. The van der Waals surface area contributed by atoms with Gasteiger partial charge in [-0.25, -0.2) is 0 Å². The number of carbonyl (C=O) groups excluding carboxylic acids is 1. The van der Waals surface area contributed by atoms with Crippen LogP contribution < -0.4 is 10.1 Å². The largest absolute Gasteiger partial charge is 0.494 e. The van der Waals surface area contributed by atoms with E-state index in [4.69, 9.17) is 4.74 Å². The number of carbonyl (C=O) groups is 1. The number of aromatic nitrogens is 1. The highest BCUT2D eigenvalue weighted by Crippen LogP contribution is 2.29. The summed E-state index contributed by atoms with van der Waals surface area (Å²) in [5, 5.41) is 4.15. The normalized spacial score (nSPS) is 15.9. The van der Waals surface area contributed by atoms with Crippen molar-refractivity contribution in [3.8, 4) is 5.75 Å². The van der Waals surface area contributed by atoms with Crippen molar-refractivity contribution in [3.63, 3.8) is 0 Å². The maximum atomic E-state index is 13.1. The summed E-state index contributed by atoms with van der Waals surface area (Å²) in [6.07, 6.45) is 3.82. The summed E-state index contributed by atoms with van der Waals surface area (Å²) in [7, 11) is 2.01. The van der Waals surface area contributed by atoms with Crippen LogP contribution in [-0.2, 0) is 7.05 Å². The van der Waals surface area contributed by atoms with Gasteiger partial charge in [0, 0.05) is 35.7 Å². The Morgan fingerprint density at radius 2 is 1.93 bits per heavy atom. The van der Waals surface area contributed by atoms with Gasteiger partial charge in [0.1, 0.15) is 5.75 Å². The lowest BCUT2D eigenvalue weighted by molar-refractivity contribution is 0.0798. The Morgan fingerprint density at radius 1 is 1.22 bits per heavy atom. The number of piperidine rings is 1. The van der Waals surface area contributed by atoms with Gasteiger partial charge in [0.2, 0.25) is 0 Å². The minimum atomic E-state index is -0.0367. The number of fused-ring (bicyclic) bond motifs is 1. The number of nitrogens with one attached hydrogen (secondary N) is 1. The van der Waals surface area contributed by atoms with Crippen LogP contribution in [0.1, 0.15) is 56.1 Å². The van der Waals surface area contributed by atoms with Crippen LogP contribution >= 0.6 is 0 Å². The number of hydrogen-bond acceptors (Lipinski definition) is 3. The molecule has 0 radical (unpaired) electrons. The molecule has 1 aliphatic rings. The highest BCUT2D eigenvalue weighted by Gasteiger charge is 2.29. The van der Waals surface area contributed by atoms with Crippen LogP contribution in [0.25, 0.3) is 10.9 Å². The van der Waals surface area contributed by atoms with E-state index < -0.39 is 0 Å². The molecule has 1 aliphatic heterocycles. The second-order valence-corrected chi connectivity index (χ2v) is 8.17. The number of rotatable bonds is 6. The first-order chi connectivity index (χ1) is 12.8. The van der Waals surface area contributed by atoms with Crippen LogP contribution in [0.2, 0.25) is 0 Å². The Labute approximate surface area is 162 Å². The number of aryl methyl sites for hydroxylation is 1. The summed E-state index contributed by atoms with van der Waals surface area (Å²) in [5.74, 6) is 0.801. The monoisotopic (exact) mass is 371 g/mol. The first kappa shape index (κ1) is 19.7. The Morgan fingerprint density at radius 3 is 2.59 bits per heavy atom. The molecule has 1 fully saturated rings. The molecule has 1 amide bonds. The van der Waals surface area contributed by atoms with Crippen molar-refractivity contribution in [1.29, 1.82) is 0 Å². The molecule has 2 aromatic rings. The zero-order valence-corrected chi connectivity index (χ0v) is 17.4. The van der Waals surface area contributed by atoms with Crippen molar-refractivity contribution in [1.82, 2.24) is 14.8 Å². The topological polar surface area (TPSA) is 46.5 Å². The van der Waals surface area contributed by atoms with E-state index in [-0.39, 0.29) is 11.4 Å². The average molecular weight is 372 g/mol. The summed E-state index contributed by atoms with van der Waals surface area (Å²) in [5.41, 5.74) is 2.75. The molecule has 0 spiro atoms. The minimum Gasteiger partial charge on any atom is -0.494 e. The molecule has 0 unspecified atom stereocenters. The van der Waals surface area contributed by atoms with E-state index in [9.17, 15) is 4.79 Å². The van der Waals surface area contributed by atoms with Crippen LogP contribution in [-0.4, -0.2) is 47.2 Å². The fourth-order valence-electron chi connectivity index (χ4n) is 4.09. The molecule has 1 aromatic heterocycles. The van der Waals surface area contributed by atoms with Crippen molar-refractivity contribution in [2.24, 2.45) is 7.05 Å². The van der Waals surface area contributed by atoms with Crippen LogP contribution in [0.4, 0.5) is 0 Å². The third-order valence-corrected chi connectivity index (χ3v) is 5.90. The molecule has 0 atom stereocenters. The van der Waals surface area contributed by atoms with Crippen molar-refractivity contribution in [2.45, 2.75) is 52.5 Å². The maximum absolute atomic E-state index is 13.1. The fourth-order valence-corrected chi connectivity index (χ4v) is 4.09. The van der Waals surface area contributed by atoms with E-state index in [1.165, 1.54) is 19.3 Å². The SMILES string of the molecule is CCOc1ccc2c(c1)c(C(=O)NCC(C)(C)N1CCCCC1)c(C)n2C. The van der Waals surface area contributed by atoms with Crippen molar-refractivity contribution >= 4 is 16.8 Å². The Bertz CT molecular complexity index is 817. The number of amides is 1. The standard InChI is InChI=1S/C22H33N3O2/c1-6-27-17-10-11-19-18(14-17)20(16(2)24(19)5)21(26)23-15-22(3,4)25-12-8-7-9-13-25/h10-11,14H,6-9,12-13,15H2,1-5H3,(H,23,26). The highest BCUT2D eigenvalue weighted by molar-refractivity contribution is 6.08. The molecule has 0 saturated carbocycles. The molecule has 5 nitrogen and oxygen atoms in total. The van der Waals surface area contributed by atoms with Gasteiger partial charge in [0.25, 0.3) is 5.91 Å². The van der Waals surface area contributed by atoms with Crippen LogP contribution in [0.3, 0.4) is 0 Å².